The van der Waals surface area contributed by atoms with Crippen LogP contribution in [0.2, 0.25) is 0 Å². The van der Waals surface area contributed by atoms with E-state index in [9.17, 15) is 4.79 Å². The summed E-state index contributed by atoms with van der Waals surface area (Å²) in [6.45, 7) is 5.98. The van der Waals surface area contributed by atoms with E-state index in [1.165, 1.54) is 6.20 Å². The molecule has 0 saturated carbocycles. The van der Waals surface area contributed by atoms with Gasteiger partial charge < -0.3 is 15.7 Å². The van der Waals surface area contributed by atoms with E-state index in [1.54, 1.807) is 12.1 Å². The van der Waals surface area contributed by atoms with Gasteiger partial charge in [-0.05, 0) is 32.4 Å². The van der Waals surface area contributed by atoms with Crippen molar-refractivity contribution in [3.8, 4) is 6.19 Å². The summed E-state index contributed by atoms with van der Waals surface area (Å²) in [6.07, 6.45) is 4.04. The predicted octanol–water partition coefficient (Wildman–Crippen LogP) is 0.831. The topological polar surface area (TPSA) is 122 Å². The van der Waals surface area contributed by atoms with Gasteiger partial charge in [-0.3, -0.25) is 10.1 Å². The van der Waals surface area contributed by atoms with Gasteiger partial charge in [0.05, 0.1) is 17.7 Å². The number of hydrogen-bond acceptors (Lipinski definition) is 5. The van der Waals surface area contributed by atoms with Crippen molar-refractivity contribution in [1.82, 2.24) is 15.6 Å². The van der Waals surface area contributed by atoms with Gasteiger partial charge in [0, 0.05) is 12.7 Å². The Labute approximate surface area is 135 Å². The monoisotopic (exact) mass is 318 g/mol. The van der Waals surface area contributed by atoms with E-state index in [0.29, 0.717) is 17.3 Å². The van der Waals surface area contributed by atoms with Gasteiger partial charge in [0.1, 0.15) is 5.82 Å². The highest BCUT2D eigenvalue weighted by Gasteiger charge is 2.15. The number of amides is 1. The van der Waals surface area contributed by atoms with Gasteiger partial charge in [0.25, 0.3) is 5.91 Å². The first-order valence-electron chi connectivity index (χ1n) is 7.29. The van der Waals surface area contributed by atoms with Crippen LogP contribution in [0.25, 0.3) is 0 Å². The first-order chi connectivity index (χ1) is 10.9. The van der Waals surface area contributed by atoms with Crippen LogP contribution in [-0.4, -0.2) is 40.6 Å². The van der Waals surface area contributed by atoms with Gasteiger partial charge in [-0.1, -0.05) is 6.92 Å². The van der Waals surface area contributed by atoms with Crippen LogP contribution in [0.5, 0.6) is 0 Å². The zero-order valence-corrected chi connectivity index (χ0v) is 13.6. The van der Waals surface area contributed by atoms with Crippen molar-refractivity contribution in [3.63, 3.8) is 0 Å². The highest BCUT2D eigenvalue weighted by Crippen LogP contribution is 2.14. The number of hydrogen-bond donors (Lipinski definition) is 4. The first kappa shape index (κ1) is 18.4. The molecule has 0 fully saturated rings. The van der Waals surface area contributed by atoms with Crippen molar-refractivity contribution >= 4 is 17.7 Å². The summed E-state index contributed by atoms with van der Waals surface area (Å²) in [5.41, 5.74) is 0.0562. The number of guanidine groups is 1. The number of carbonyl (C=O) groups is 1. The highest BCUT2D eigenvalue weighted by atomic mass is 16.3. The minimum Gasteiger partial charge on any atom is -0.395 e. The van der Waals surface area contributed by atoms with Crippen molar-refractivity contribution in [2.45, 2.75) is 32.7 Å². The lowest BCUT2D eigenvalue weighted by Crippen LogP contribution is -2.32. The summed E-state index contributed by atoms with van der Waals surface area (Å²) in [5, 5.41) is 25.4. The van der Waals surface area contributed by atoms with Gasteiger partial charge >= 0.3 is 0 Å². The number of nitriles is 1. The van der Waals surface area contributed by atoms with E-state index in [2.05, 4.69) is 25.9 Å². The number of aromatic nitrogens is 1. The lowest BCUT2D eigenvalue weighted by Gasteiger charge is -2.19. The van der Waals surface area contributed by atoms with Crippen LogP contribution in [0.4, 0.5) is 5.82 Å². The predicted molar refractivity (Wildman–Crippen MR) is 87.8 cm³/mol. The van der Waals surface area contributed by atoms with Gasteiger partial charge in [-0.15, -0.1) is 0 Å². The number of nitrogens with zero attached hydrogens (tertiary/aromatic N) is 3. The molecular weight excluding hydrogens is 296 g/mol. The third kappa shape index (κ3) is 6.32. The van der Waals surface area contributed by atoms with Crippen LogP contribution >= 0.6 is 0 Å². The van der Waals surface area contributed by atoms with E-state index in [0.717, 1.165) is 6.42 Å². The smallest absolute Gasteiger partial charge is 0.252 e. The minimum atomic E-state index is -0.323. The summed E-state index contributed by atoms with van der Waals surface area (Å²) in [5.74, 6) is 0.440. The summed E-state index contributed by atoms with van der Waals surface area (Å²) >= 11 is 0. The van der Waals surface area contributed by atoms with Crippen molar-refractivity contribution in [2.24, 2.45) is 4.99 Å². The Balaban J connectivity index is 2.83. The van der Waals surface area contributed by atoms with Crippen LogP contribution in [0, 0.1) is 11.5 Å². The molecule has 4 N–H and O–H groups in total. The van der Waals surface area contributed by atoms with Gasteiger partial charge in [-0.2, -0.15) is 5.26 Å². The van der Waals surface area contributed by atoms with E-state index < -0.39 is 0 Å². The molecule has 8 nitrogen and oxygen atoms in total. The fourth-order valence-electron chi connectivity index (χ4n) is 1.52. The molecule has 0 atom stereocenters. The average Bonchev–Trinajstić information content (AvgIpc) is 2.53. The molecule has 1 aromatic rings. The number of anilines is 1. The number of carbonyl (C=O) groups excluding carboxylic acids is 1. The molecule has 0 radical (unpaired) electrons. The number of aliphatic hydroxyl groups excluding tert-OH is 1. The summed E-state index contributed by atoms with van der Waals surface area (Å²) in [4.78, 5) is 20.3. The molecule has 0 unspecified atom stereocenters. The summed E-state index contributed by atoms with van der Waals surface area (Å²) in [7, 11) is 0. The molecule has 0 aliphatic heterocycles. The zero-order chi connectivity index (χ0) is 17.3. The van der Waals surface area contributed by atoms with Crippen LogP contribution in [0.1, 0.15) is 37.6 Å². The van der Waals surface area contributed by atoms with Crippen LogP contribution < -0.4 is 16.0 Å². The Morgan fingerprint density at radius 1 is 1.48 bits per heavy atom. The van der Waals surface area contributed by atoms with E-state index in [4.69, 9.17) is 10.4 Å². The Morgan fingerprint density at radius 3 is 2.74 bits per heavy atom. The largest absolute Gasteiger partial charge is 0.395 e. The van der Waals surface area contributed by atoms with Crippen LogP contribution in [-0.2, 0) is 0 Å². The van der Waals surface area contributed by atoms with Gasteiger partial charge in [0.15, 0.2) is 6.19 Å². The number of pyridine rings is 1. The molecule has 0 aliphatic carbocycles. The number of rotatable bonds is 6. The Morgan fingerprint density at radius 2 is 2.22 bits per heavy atom. The van der Waals surface area contributed by atoms with Crippen molar-refractivity contribution in [1.29, 1.82) is 5.26 Å². The molecule has 0 aromatic carbocycles. The van der Waals surface area contributed by atoms with E-state index in [1.807, 2.05) is 27.0 Å². The lowest BCUT2D eigenvalue weighted by atomic mass is 10.0. The van der Waals surface area contributed by atoms with Crippen molar-refractivity contribution in [3.05, 3.63) is 23.9 Å². The molecule has 1 heterocycles. The molecule has 0 spiro atoms. The molecule has 0 saturated heterocycles. The quantitative estimate of drug-likeness (QED) is 0.267. The van der Waals surface area contributed by atoms with E-state index in [-0.39, 0.29) is 24.6 Å². The molecule has 23 heavy (non-hydrogen) atoms. The molecule has 1 rings (SSSR count). The van der Waals surface area contributed by atoms with Crippen LogP contribution in [0.15, 0.2) is 23.3 Å². The maximum atomic E-state index is 11.7. The third-order valence-corrected chi connectivity index (χ3v) is 3.12. The standard InChI is InChI=1S/C15H22N6O2/c1-4-15(2,3)21-14(19-10-16)20-12-6-5-11(9-18-12)13(23)17-7-8-22/h5-6,9,22H,4,7-8H2,1-3H3,(H,17,23)(H2,18,19,20,21). The Hall–Kier alpha value is -2.66. The number of aliphatic imine (C=N–C) groups is 1. The zero-order valence-electron chi connectivity index (χ0n) is 13.6. The maximum absolute atomic E-state index is 11.7. The molecule has 0 aliphatic rings. The molecule has 0 bridgehead atoms. The van der Waals surface area contributed by atoms with Gasteiger partial charge in [0.2, 0.25) is 5.96 Å². The second-order valence-corrected chi connectivity index (χ2v) is 5.40. The SMILES string of the molecule is CCC(C)(C)N=C(NC#N)Nc1ccc(C(=O)NCCO)cn1. The van der Waals surface area contributed by atoms with E-state index >= 15 is 0 Å². The third-order valence-electron chi connectivity index (χ3n) is 3.12. The second kappa shape index (κ2) is 8.70. The Kier molecular flexibility index (Phi) is 6.96. The highest BCUT2D eigenvalue weighted by molar-refractivity contribution is 5.96. The normalized spacial score (nSPS) is 11.5. The molecule has 8 heteroatoms. The second-order valence-electron chi connectivity index (χ2n) is 5.40. The first-order valence-corrected chi connectivity index (χ1v) is 7.29. The van der Waals surface area contributed by atoms with Crippen molar-refractivity contribution in [2.75, 3.05) is 18.5 Å². The fraction of sp³-hybridized carbons (Fsp3) is 0.467. The maximum Gasteiger partial charge on any atom is 0.252 e. The Bertz CT molecular complexity index is 589. The van der Waals surface area contributed by atoms with Gasteiger partial charge in [-0.25, -0.2) is 9.98 Å². The van der Waals surface area contributed by atoms with Crippen molar-refractivity contribution < 1.29 is 9.90 Å². The number of aliphatic hydroxyl groups is 1. The molecule has 1 amide bonds. The fourth-order valence-corrected chi connectivity index (χ4v) is 1.52. The molecule has 124 valence electrons. The van der Waals surface area contributed by atoms with Crippen LogP contribution in [0.3, 0.4) is 0 Å². The summed E-state index contributed by atoms with van der Waals surface area (Å²) in [6, 6.07) is 3.21. The lowest BCUT2D eigenvalue weighted by molar-refractivity contribution is 0.0944. The molecular formula is C15H22N6O2. The summed E-state index contributed by atoms with van der Waals surface area (Å²) < 4.78 is 0. The minimum absolute atomic E-state index is 0.119. The molecule has 1 aromatic heterocycles. The number of nitrogens with one attached hydrogen (secondary N) is 3. The average molecular weight is 318 g/mol.